The van der Waals surface area contributed by atoms with Crippen LogP contribution in [0.4, 0.5) is 5.82 Å². The van der Waals surface area contributed by atoms with Crippen LogP contribution in [-0.4, -0.2) is 46.4 Å². The van der Waals surface area contributed by atoms with Crippen molar-refractivity contribution in [1.82, 2.24) is 15.3 Å². The lowest BCUT2D eigenvalue weighted by Crippen LogP contribution is -2.54. The van der Waals surface area contributed by atoms with E-state index in [0.717, 1.165) is 61.2 Å². The third kappa shape index (κ3) is 3.72. The van der Waals surface area contributed by atoms with Crippen molar-refractivity contribution < 1.29 is 5.11 Å². The molecule has 3 aromatic rings. The maximum absolute atomic E-state index is 11.0. The molecule has 1 saturated carbocycles. The number of nitrogens with zero attached hydrogens (tertiary/aromatic N) is 3. The molecule has 30 heavy (non-hydrogen) atoms. The summed E-state index contributed by atoms with van der Waals surface area (Å²) in [5.74, 6) is 1.01. The summed E-state index contributed by atoms with van der Waals surface area (Å²) >= 11 is 1.69. The van der Waals surface area contributed by atoms with E-state index in [1.54, 1.807) is 17.7 Å². The molecule has 2 aromatic heterocycles. The predicted octanol–water partition coefficient (Wildman–Crippen LogP) is 4.53. The number of rotatable bonds is 4. The number of aryl methyl sites for hydroxylation is 1. The SMILES string of the molecule is Cc1ccc(-c2csc3ncnc(N(C4CCNCC4)C4CCCCC4O)c23)cc1. The standard InChI is InChI=1S/C24H30N4OS/c1-16-6-8-17(9-7-16)19-14-30-24-22(19)23(26-15-27-24)28(18-10-12-25-13-11-18)20-4-2-3-5-21(20)29/h6-9,14-15,18,20-21,25,29H,2-5,10-13H2,1H3. The lowest BCUT2D eigenvalue weighted by molar-refractivity contribution is 0.0978. The minimum absolute atomic E-state index is 0.130. The first-order valence-electron chi connectivity index (χ1n) is 11.2. The quantitative estimate of drug-likeness (QED) is 0.647. The number of aromatic nitrogens is 2. The molecule has 0 amide bonds. The molecule has 1 saturated heterocycles. The molecular weight excluding hydrogens is 392 g/mol. The first-order valence-corrected chi connectivity index (χ1v) is 12.1. The zero-order valence-corrected chi connectivity index (χ0v) is 18.4. The zero-order chi connectivity index (χ0) is 20.5. The van der Waals surface area contributed by atoms with Crippen LogP contribution in [0.1, 0.15) is 44.1 Å². The Morgan fingerprint density at radius 3 is 2.57 bits per heavy atom. The highest BCUT2D eigenvalue weighted by Crippen LogP contribution is 2.41. The number of nitrogens with one attached hydrogen (secondary N) is 1. The minimum atomic E-state index is -0.292. The average molecular weight is 423 g/mol. The maximum Gasteiger partial charge on any atom is 0.141 e. The largest absolute Gasteiger partial charge is 0.391 e. The van der Waals surface area contributed by atoms with Crippen LogP contribution < -0.4 is 10.2 Å². The second-order valence-corrected chi connectivity index (χ2v) is 9.56. The van der Waals surface area contributed by atoms with Gasteiger partial charge in [-0.05, 0) is 51.3 Å². The molecule has 0 radical (unpaired) electrons. The number of aliphatic hydroxyl groups excluding tert-OH is 1. The fourth-order valence-electron chi connectivity index (χ4n) is 5.10. The van der Waals surface area contributed by atoms with E-state index in [1.807, 2.05) is 0 Å². The molecule has 1 aliphatic carbocycles. The highest BCUT2D eigenvalue weighted by Gasteiger charge is 2.36. The Morgan fingerprint density at radius 2 is 1.80 bits per heavy atom. The van der Waals surface area contributed by atoms with Crippen molar-refractivity contribution in [3.8, 4) is 11.1 Å². The van der Waals surface area contributed by atoms with Gasteiger partial charge in [0.25, 0.3) is 0 Å². The van der Waals surface area contributed by atoms with Gasteiger partial charge in [-0.25, -0.2) is 9.97 Å². The van der Waals surface area contributed by atoms with Crippen LogP contribution in [0.3, 0.4) is 0 Å². The Bertz CT molecular complexity index is 996. The summed E-state index contributed by atoms with van der Waals surface area (Å²) in [7, 11) is 0. The fourth-order valence-corrected chi connectivity index (χ4v) is 6.01. The van der Waals surface area contributed by atoms with Crippen molar-refractivity contribution >= 4 is 27.4 Å². The van der Waals surface area contributed by atoms with E-state index in [1.165, 1.54) is 23.1 Å². The molecule has 1 aliphatic heterocycles. The molecule has 5 nitrogen and oxygen atoms in total. The van der Waals surface area contributed by atoms with Gasteiger partial charge in [0.2, 0.25) is 0 Å². The van der Waals surface area contributed by atoms with Crippen molar-refractivity contribution in [2.24, 2.45) is 0 Å². The smallest absolute Gasteiger partial charge is 0.141 e. The summed E-state index contributed by atoms with van der Waals surface area (Å²) in [6.07, 6.45) is 7.78. The molecular formula is C24H30N4OS. The Hall–Kier alpha value is -2.02. The molecule has 2 aliphatic rings. The van der Waals surface area contributed by atoms with E-state index in [-0.39, 0.29) is 12.1 Å². The van der Waals surface area contributed by atoms with E-state index in [9.17, 15) is 5.11 Å². The van der Waals surface area contributed by atoms with Crippen molar-refractivity contribution in [2.45, 2.75) is 63.6 Å². The lowest BCUT2D eigenvalue weighted by atomic mass is 9.88. The number of anilines is 1. The van der Waals surface area contributed by atoms with E-state index in [4.69, 9.17) is 4.98 Å². The van der Waals surface area contributed by atoms with Crippen molar-refractivity contribution in [2.75, 3.05) is 18.0 Å². The monoisotopic (exact) mass is 422 g/mol. The van der Waals surface area contributed by atoms with Gasteiger partial charge in [0, 0.05) is 17.0 Å². The highest BCUT2D eigenvalue weighted by molar-refractivity contribution is 7.17. The number of hydrogen-bond donors (Lipinski definition) is 2. The first kappa shape index (κ1) is 19.9. The van der Waals surface area contributed by atoms with E-state index in [0.29, 0.717) is 6.04 Å². The third-order valence-corrected chi connectivity index (χ3v) is 7.60. The molecule has 5 rings (SSSR count). The summed E-state index contributed by atoms with van der Waals surface area (Å²) < 4.78 is 0. The lowest BCUT2D eigenvalue weighted by Gasteiger charge is -2.44. The topological polar surface area (TPSA) is 61.3 Å². The zero-order valence-electron chi connectivity index (χ0n) is 17.6. The molecule has 2 unspecified atom stereocenters. The molecule has 2 fully saturated rings. The van der Waals surface area contributed by atoms with E-state index >= 15 is 0 Å². The first-order chi connectivity index (χ1) is 14.7. The van der Waals surface area contributed by atoms with Crippen LogP contribution in [0.5, 0.6) is 0 Å². The molecule has 158 valence electrons. The molecule has 3 heterocycles. The Morgan fingerprint density at radius 1 is 1.03 bits per heavy atom. The predicted molar refractivity (Wildman–Crippen MR) is 124 cm³/mol. The van der Waals surface area contributed by atoms with Gasteiger partial charge in [-0.3, -0.25) is 0 Å². The number of fused-ring (bicyclic) bond motifs is 1. The maximum atomic E-state index is 11.0. The molecule has 6 heteroatoms. The van der Waals surface area contributed by atoms with Gasteiger partial charge in [0.1, 0.15) is 17.0 Å². The third-order valence-electron chi connectivity index (χ3n) is 6.71. The molecule has 0 bridgehead atoms. The van der Waals surface area contributed by atoms with Crippen molar-refractivity contribution in [3.63, 3.8) is 0 Å². The van der Waals surface area contributed by atoms with Crippen LogP contribution >= 0.6 is 11.3 Å². The van der Waals surface area contributed by atoms with E-state index < -0.39 is 0 Å². The van der Waals surface area contributed by atoms with Gasteiger partial charge >= 0.3 is 0 Å². The highest BCUT2D eigenvalue weighted by atomic mass is 32.1. The minimum Gasteiger partial charge on any atom is -0.391 e. The van der Waals surface area contributed by atoms with Gasteiger partial charge in [0.15, 0.2) is 0 Å². The van der Waals surface area contributed by atoms with Crippen molar-refractivity contribution in [3.05, 3.63) is 41.5 Å². The Labute approximate surface area is 182 Å². The summed E-state index contributed by atoms with van der Waals surface area (Å²) in [5, 5.41) is 17.8. The van der Waals surface area contributed by atoms with Crippen LogP contribution in [0, 0.1) is 6.92 Å². The summed E-state index contributed by atoms with van der Waals surface area (Å²) in [6.45, 7) is 4.16. The second-order valence-electron chi connectivity index (χ2n) is 8.70. The Kier molecular flexibility index (Phi) is 5.72. The molecule has 1 aromatic carbocycles. The van der Waals surface area contributed by atoms with Crippen molar-refractivity contribution in [1.29, 1.82) is 0 Å². The molecule has 2 atom stereocenters. The van der Waals surface area contributed by atoms with Gasteiger partial charge in [-0.2, -0.15) is 0 Å². The van der Waals surface area contributed by atoms with Crippen LogP contribution in [0.2, 0.25) is 0 Å². The average Bonchev–Trinajstić information content (AvgIpc) is 3.22. The fraction of sp³-hybridized carbons (Fsp3) is 0.500. The van der Waals surface area contributed by atoms with Crippen LogP contribution in [0.15, 0.2) is 36.0 Å². The number of benzene rings is 1. The normalized spacial score (nSPS) is 23.0. The number of aliphatic hydroxyl groups is 1. The van der Waals surface area contributed by atoms with Crippen LogP contribution in [-0.2, 0) is 0 Å². The van der Waals surface area contributed by atoms with Gasteiger partial charge < -0.3 is 15.3 Å². The summed E-state index contributed by atoms with van der Waals surface area (Å²) in [5.41, 5.74) is 3.67. The number of piperidine rings is 1. The van der Waals surface area contributed by atoms with Gasteiger partial charge in [-0.1, -0.05) is 42.7 Å². The Balaban J connectivity index is 1.65. The van der Waals surface area contributed by atoms with E-state index in [2.05, 4.69) is 51.8 Å². The number of thiophene rings is 1. The number of hydrogen-bond acceptors (Lipinski definition) is 6. The van der Waals surface area contributed by atoms with Gasteiger partial charge in [0.05, 0.1) is 17.5 Å². The second kappa shape index (κ2) is 8.61. The summed E-state index contributed by atoms with van der Waals surface area (Å²) in [6, 6.07) is 9.24. The summed E-state index contributed by atoms with van der Waals surface area (Å²) in [4.78, 5) is 13.0. The molecule has 2 N–H and O–H groups in total. The molecule has 0 spiro atoms. The van der Waals surface area contributed by atoms with Crippen LogP contribution in [0.25, 0.3) is 21.3 Å². The van der Waals surface area contributed by atoms with Gasteiger partial charge in [-0.15, -0.1) is 11.3 Å².